The molecule has 0 spiro atoms. The summed E-state index contributed by atoms with van der Waals surface area (Å²) in [7, 11) is -3.98. The van der Waals surface area contributed by atoms with Crippen LogP contribution in [0.25, 0.3) is 4.85 Å². The zero-order valence-corrected chi connectivity index (χ0v) is 21.7. The second-order valence-corrected chi connectivity index (χ2v) is 10.8. The normalized spacial score (nSPS) is 15.8. The minimum atomic E-state index is -4.70. The van der Waals surface area contributed by atoms with E-state index in [0.717, 1.165) is 40.3 Å². The van der Waals surface area contributed by atoms with Gasteiger partial charge in [0.2, 0.25) is 5.70 Å². The molecule has 8 nitrogen and oxygen atoms in total. The van der Waals surface area contributed by atoms with E-state index >= 15 is 0 Å². The molecule has 0 bridgehead atoms. The van der Waals surface area contributed by atoms with Crippen molar-refractivity contribution in [3.63, 3.8) is 0 Å². The summed E-state index contributed by atoms with van der Waals surface area (Å²) in [5, 5.41) is 18.6. The van der Waals surface area contributed by atoms with Gasteiger partial charge in [0.1, 0.15) is 6.04 Å². The Hall–Kier alpha value is -5.12. The number of halogens is 3. The van der Waals surface area contributed by atoms with Crippen molar-refractivity contribution >= 4 is 27.2 Å². The fraction of sp³-hybridized carbons (Fsp3) is 0.143. The number of rotatable bonds is 4. The van der Waals surface area contributed by atoms with E-state index in [2.05, 4.69) is 4.85 Å². The quantitative estimate of drug-likeness (QED) is 0.353. The van der Waals surface area contributed by atoms with Crippen LogP contribution in [0.3, 0.4) is 0 Å². The van der Waals surface area contributed by atoms with Gasteiger partial charge in [-0.05, 0) is 67.1 Å². The van der Waals surface area contributed by atoms with Crippen molar-refractivity contribution in [3.8, 4) is 12.1 Å². The molecule has 2 amide bonds. The Kier molecular flexibility index (Phi) is 7.13. The van der Waals surface area contributed by atoms with Gasteiger partial charge in [0, 0.05) is 23.3 Å². The Morgan fingerprint density at radius 2 is 1.57 bits per heavy atom. The molecule has 1 atom stereocenters. The number of urea groups is 1. The molecule has 0 N–H and O–H groups in total. The number of amides is 2. The van der Waals surface area contributed by atoms with Crippen molar-refractivity contribution in [1.29, 1.82) is 10.5 Å². The number of sulfone groups is 1. The molecule has 0 unspecified atom stereocenters. The van der Waals surface area contributed by atoms with Crippen LogP contribution in [-0.4, -0.2) is 20.7 Å². The predicted molar refractivity (Wildman–Crippen MR) is 139 cm³/mol. The van der Waals surface area contributed by atoms with Crippen LogP contribution < -0.4 is 9.80 Å². The Morgan fingerprint density at radius 3 is 2.12 bits per heavy atom. The molecule has 3 aromatic rings. The van der Waals surface area contributed by atoms with E-state index in [1.54, 1.807) is 0 Å². The van der Waals surface area contributed by atoms with E-state index in [1.165, 1.54) is 49.4 Å². The summed E-state index contributed by atoms with van der Waals surface area (Å²) in [4.78, 5) is 19.5. The Balaban J connectivity index is 2.06. The average molecular weight is 562 g/mol. The number of alkyl halides is 3. The summed E-state index contributed by atoms with van der Waals surface area (Å²) in [5.41, 5.74) is -0.823. The number of benzene rings is 3. The Bertz CT molecular complexity index is 1790. The number of carbonyl (C=O) groups excluding carboxylic acids is 1. The minimum absolute atomic E-state index is 0.00182. The van der Waals surface area contributed by atoms with E-state index < -0.39 is 33.6 Å². The topological polar surface area (TPSA) is 110 Å². The van der Waals surface area contributed by atoms with Crippen LogP contribution in [0, 0.1) is 29.2 Å². The molecule has 1 aliphatic heterocycles. The van der Waals surface area contributed by atoms with Crippen LogP contribution in [0.5, 0.6) is 0 Å². The van der Waals surface area contributed by atoms with Crippen LogP contribution >= 0.6 is 0 Å². The molecule has 0 saturated heterocycles. The van der Waals surface area contributed by atoms with E-state index in [9.17, 15) is 36.9 Å². The van der Waals surface area contributed by atoms with Crippen molar-refractivity contribution in [1.82, 2.24) is 0 Å². The number of hydrogen-bond donors (Lipinski definition) is 0. The van der Waals surface area contributed by atoms with E-state index in [1.807, 2.05) is 12.1 Å². The molecule has 200 valence electrons. The lowest BCUT2D eigenvalue weighted by atomic mass is 9.96. The first kappa shape index (κ1) is 27.9. The summed E-state index contributed by atoms with van der Waals surface area (Å²) in [6, 6.07) is 15.2. The Labute approximate surface area is 228 Å². The summed E-state index contributed by atoms with van der Waals surface area (Å²) in [6.45, 7) is 9.35. The molecule has 0 aromatic heterocycles. The maximum absolute atomic E-state index is 14.1. The van der Waals surface area contributed by atoms with Crippen LogP contribution in [0.4, 0.5) is 29.3 Å². The molecule has 0 fully saturated rings. The smallest absolute Gasteiger partial charge is 0.292 e. The van der Waals surface area contributed by atoms with Crippen LogP contribution in [0.1, 0.15) is 35.2 Å². The predicted octanol–water partition coefficient (Wildman–Crippen LogP) is 6.19. The Morgan fingerprint density at radius 1 is 0.950 bits per heavy atom. The van der Waals surface area contributed by atoms with Crippen LogP contribution in [-0.2, 0) is 16.0 Å². The summed E-state index contributed by atoms with van der Waals surface area (Å²) in [5.74, 6) is 0. The third-order valence-electron chi connectivity index (χ3n) is 6.28. The van der Waals surface area contributed by atoms with Crippen molar-refractivity contribution < 1.29 is 26.4 Å². The first-order valence-electron chi connectivity index (χ1n) is 11.4. The minimum Gasteiger partial charge on any atom is -0.292 e. The van der Waals surface area contributed by atoms with Crippen molar-refractivity contribution in [2.45, 2.75) is 24.0 Å². The highest BCUT2D eigenvalue weighted by atomic mass is 32.2. The van der Waals surface area contributed by atoms with E-state index in [0.29, 0.717) is 0 Å². The highest BCUT2D eigenvalue weighted by Crippen LogP contribution is 2.45. The fourth-order valence-corrected chi connectivity index (χ4v) is 5.41. The first-order valence-corrected chi connectivity index (χ1v) is 13.3. The lowest BCUT2D eigenvalue weighted by molar-refractivity contribution is -0.137. The monoisotopic (exact) mass is 561 g/mol. The third-order valence-corrected chi connectivity index (χ3v) is 7.44. The highest BCUT2D eigenvalue weighted by molar-refractivity contribution is 7.90. The SMILES string of the molecule is [C-]#[N+]C1=C(C)N(c2cccc(C(F)(F)F)c2)C(=O)N(c2ccc(C#N)cc2)[C@@H]1c1ccc(C#N)cc1S(C)(=O)=O. The van der Waals surface area contributed by atoms with Gasteiger partial charge >= 0.3 is 12.2 Å². The van der Waals surface area contributed by atoms with Gasteiger partial charge in [-0.1, -0.05) is 12.1 Å². The molecule has 12 heteroatoms. The van der Waals surface area contributed by atoms with E-state index in [4.69, 9.17) is 6.57 Å². The number of nitriles is 2. The fourth-order valence-electron chi connectivity index (χ4n) is 4.46. The van der Waals surface area contributed by atoms with Gasteiger partial charge in [0.15, 0.2) is 9.84 Å². The average Bonchev–Trinajstić information content (AvgIpc) is 2.92. The molecule has 0 aliphatic carbocycles. The summed E-state index contributed by atoms with van der Waals surface area (Å²) in [6.07, 6.45) is -3.77. The van der Waals surface area contributed by atoms with E-state index in [-0.39, 0.29) is 44.4 Å². The molecule has 1 aliphatic rings. The number of anilines is 2. The zero-order valence-electron chi connectivity index (χ0n) is 20.9. The lowest BCUT2D eigenvalue weighted by Crippen LogP contribution is -2.50. The number of nitrogens with zero attached hydrogens (tertiary/aromatic N) is 5. The second kappa shape index (κ2) is 10.2. The maximum atomic E-state index is 14.1. The lowest BCUT2D eigenvalue weighted by Gasteiger charge is -2.42. The molecule has 1 heterocycles. The molecule has 0 radical (unpaired) electrons. The molecule has 4 rings (SSSR count). The van der Waals surface area contributed by atoms with Gasteiger partial charge in [-0.3, -0.25) is 9.80 Å². The molecule has 3 aromatic carbocycles. The van der Waals surface area contributed by atoms with Gasteiger partial charge in [0.05, 0.1) is 40.3 Å². The second-order valence-electron chi connectivity index (χ2n) is 8.82. The largest absolute Gasteiger partial charge is 0.416 e. The number of allylic oxidation sites excluding steroid dienone is 1. The summed E-state index contributed by atoms with van der Waals surface area (Å²) >= 11 is 0. The summed E-state index contributed by atoms with van der Waals surface area (Å²) < 4.78 is 66.1. The van der Waals surface area contributed by atoms with Gasteiger partial charge in [-0.15, -0.1) is 0 Å². The van der Waals surface area contributed by atoms with Crippen LogP contribution in [0.2, 0.25) is 0 Å². The highest BCUT2D eigenvalue weighted by Gasteiger charge is 2.43. The first-order chi connectivity index (χ1) is 18.8. The third kappa shape index (κ3) is 4.98. The zero-order chi connectivity index (χ0) is 29.4. The van der Waals surface area contributed by atoms with Crippen LogP contribution in [0.15, 0.2) is 83.0 Å². The molecular formula is C28H18F3N5O3S. The number of hydrogen-bond acceptors (Lipinski definition) is 5. The molecular weight excluding hydrogens is 543 g/mol. The number of carbonyl (C=O) groups is 1. The van der Waals surface area contributed by atoms with Gasteiger partial charge < -0.3 is 0 Å². The van der Waals surface area contributed by atoms with Crippen molar-refractivity contribution in [2.24, 2.45) is 0 Å². The van der Waals surface area contributed by atoms with Gasteiger partial charge in [0.25, 0.3) is 0 Å². The van der Waals surface area contributed by atoms with Gasteiger partial charge in [-0.25, -0.2) is 18.1 Å². The molecule has 0 saturated carbocycles. The molecule has 40 heavy (non-hydrogen) atoms. The standard InChI is InChI=1S/C28H18F3N5O3S/c1-17-25(34-2)26(23-12-9-19(16-33)13-24(23)40(3,38)39)36(21-10-7-18(15-32)8-11-21)27(37)35(17)22-6-4-5-20(14-22)28(29,30)31/h4-14,26H,1,3H3/t26-/m1/s1. The van der Waals surface area contributed by atoms with Crippen molar-refractivity contribution in [2.75, 3.05) is 16.1 Å². The van der Waals surface area contributed by atoms with Crippen molar-refractivity contribution in [3.05, 3.63) is 112 Å². The maximum Gasteiger partial charge on any atom is 0.416 e. The van der Waals surface area contributed by atoms with Gasteiger partial charge in [-0.2, -0.15) is 23.7 Å².